The Morgan fingerprint density at radius 2 is 0.500 bits per heavy atom. The van der Waals surface area contributed by atoms with Gasteiger partial charge in [0.05, 0.1) is 26.4 Å². The first-order valence-electron chi connectivity index (χ1n) is 38.0. The molecule has 0 aromatic heterocycles. The minimum atomic E-state index is -4.95. The second kappa shape index (κ2) is 65.0. The molecular weight excluding hydrogens is 1210 g/mol. The highest BCUT2D eigenvalue weighted by Gasteiger charge is 2.30. The molecule has 2 unspecified atom stereocenters. The second-order valence-electron chi connectivity index (χ2n) is 27.3. The third-order valence-electron chi connectivity index (χ3n) is 17.0. The van der Waals surface area contributed by atoms with Gasteiger partial charge in [-0.1, -0.05) is 324 Å². The van der Waals surface area contributed by atoms with E-state index in [9.17, 15) is 43.2 Å². The van der Waals surface area contributed by atoms with Crippen molar-refractivity contribution in [1.82, 2.24) is 0 Å². The average Bonchev–Trinajstić information content (AvgIpc) is 2.09. The number of aliphatic hydroxyl groups excluding tert-OH is 1. The predicted molar refractivity (Wildman–Crippen MR) is 372 cm³/mol. The summed E-state index contributed by atoms with van der Waals surface area (Å²) in [6, 6.07) is 0. The number of phosphoric ester groups is 2. The highest BCUT2D eigenvalue weighted by molar-refractivity contribution is 7.47. The molecule has 0 saturated heterocycles. The van der Waals surface area contributed by atoms with Gasteiger partial charge in [-0.2, -0.15) is 0 Å². The first kappa shape index (κ1) is 90.1. The van der Waals surface area contributed by atoms with Crippen LogP contribution in [0.4, 0.5) is 0 Å². The van der Waals surface area contributed by atoms with Crippen LogP contribution in [0, 0.1) is 11.8 Å². The van der Waals surface area contributed by atoms with Crippen molar-refractivity contribution in [3.8, 4) is 0 Å². The number of aliphatic hydroxyl groups is 1. The smallest absolute Gasteiger partial charge is 0.462 e. The van der Waals surface area contributed by atoms with Gasteiger partial charge in [0.1, 0.15) is 19.3 Å². The molecule has 92 heavy (non-hydrogen) atoms. The molecule has 17 nitrogen and oxygen atoms in total. The van der Waals surface area contributed by atoms with Gasteiger partial charge in [-0.15, -0.1) is 0 Å². The second-order valence-corrected chi connectivity index (χ2v) is 30.2. The number of hydrogen-bond donors (Lipinski definition) is 3. The largest absolute Gasteiger partial charge is 0.472 e. The number of unbranched alkanes of at least 4 members (excludes halogenated alkanes) is 42. The Hall–Kier alpha value is -1.94. The normalized spacial score (nSPS) is 14.1. The van der Waals surface area contributed by atoms with Crippen molar-refractivity contribution in [2.45, 2.75) is 394 Å². The molecule has 0 saturated carbocycles. The summed E-state index contributed by atoms with van der Waals surface area (Å²) in [5.41, 5.74) is 0. The lowest BCUT2D eigenvalue weighted by molar-refractivity contribution is -0.161. The van der Waals surface area contributed by atoms with Gasteiger partial charge in [0.2, 0.25) is 0 Å². The van der Waals surface area contributed by atoms with Gasteiger partial charge >= 0.3 is 39.5 Å². The number of carbonyl (C=O) groups excluding carboxylic acids is 4. The van der Waals surface area contributed by atoms with Crippen molar-refractivity contribution in [2.24, 2.45) is 11.8 Å². The molecule has 0 aromatic carbocycles. The van der Waals surface area contributed by atoms with E-state index in [1.807, 2.05) is 0 Å². The van der Waals surface area contributed by atoms with Crippen LogP contribution in [0.2, 0.25) is 0 Å². The van der Waals surface area contributed by atoms with Crippen LogP contribution >= 0.6 is 15.6 Å². The van der Waals surface area contributed by atoms with Gasteiger partial charge < -0.3 is 33.8 Å². The first-order chi connectivity index (χ1) is 44.4. The first-order valence-corrected chi connectivity index (χ1v) is 41.0. The van der Waals surface area contributed by atoms with Gasteiger partial charge in [-0.05, 0) is 37.5 Å². The lowest BCUT2D eigenvalue weighted by atomic mass is 10.0. The summed E-state index contributed by atoms with van der Waals surface area (Å²) >= 11 is 0. The minimum Gasteiger partial charge on any atom is -0.462 e. The van der Waals surface area contributed by atoms with Crippen LogP contribution < -0.4 is 0 Å². The Balaban J connectivity index is 5.23. The molecule has 0 aliphatic rings. The summed E-state index contributed by atoms with van der Waals surface area (Å²) in [5.74, 6) is -0.542. The quantitative estimate of drug-likeness (QED) is 0.0222. The third kappa shape index (κ3) is 66.7. The summed E-state index contributed by atoms with van der Waals surface area (Å²) in [6.07, 6.45) is 51.2. The molecule has 0 aliphatic heterocycles. The molecule has 0 radical (unpaired) electrons. The monoisotopic (exact) mass is 1350 g/mol. The maximum absolute atomic E-state index is 13.1. The van der Waals surface area contributed by atoms with E-state index in [4.69, 9.17) is 37.0 Å². The SMILES string of the molecule is CCCCCCCCCCCCCC(=O)O[C@H](COC(=O)CCCCCCCCCCC)COP(=O)(O)OC[C@H](O)COP(=O)(O)OC[C@@H](COC(=O)CCCCCCCCCCCCCCCC(C)C)OC(=O)CCCCCCCCCCCCCCCC(C)C. The number of phosphoric acid groups is 2. The van der Waals surface area contributed by atoms with Gasteiger partial charge in [0.15, 0.2) is 12.2 Å². The highest BCUT2D eigenvalue weighted by Crippen LogP contribution is 2.45. The average molecular weight is 1350 g/mol. The molecule has 3 N–H and O–H groups in total. The zero-order chi connectivity index (χ0) is 67.9. The zero-order valence-electron chi connectivity index (χ0n) is 59.9. The Kier molecular flexibility index (Phi) is 63.7. The van der Waals surface area contributed by atoms with Crippen LogP contribution in [0.1, 0.15) is 375 Å². The fourth-order valence-electron chi connectivity index (χ4n) is 11.1. The number of hydrogen-bond acceptors (Lipinski definition) is 15. The van der Waals surface area contributed by atoms with Crippen LogP contribution in [-0.4, -0.2) is 96.7 Å². The van der Waals surface area contributed by atoms with E-state index in [0.29, 0.717) is 25.7 Å². The standard InChI is InChI=1S/C73H142O17P2/c1-7-9-11-13-15-17-24-33-39-45-51-57-72(77)89-68(61-83-70(75)55-49-43-37-29-16-14-12-10-8-2)63-87-91(79,80)85-59-67(74)60-86-92(81,82)88-64-69(90-73(78)58-52-46-40-34-28-23-19-21-26-31-36-42-48-54-66(5)6)62-84-71(76)56-50-44-38-32-27-22-18-20-25-30-35-41-47-53-65(3)4/h65-69,74H,7-64H2,1-6H3,(H,79,80)(H,81,82)/t67-,68+,69+/m0/s1. The van der Waals surface area contributed by atoms with Crippen molar-refractivity contribution >= 4 is 39.5 Å². The molecule has 0 bridgehead atoms. The summed E-state index contributed by atoms with van der Waals surface area (Å²) in [4.78, 5) is 72.6. The van der Waals surface area contributed by atoms with Gasteiger partial charge in [0, 0.05) is 25.7 Å². The molecule has 0 heterocycles. The van der Waals surface area contributed by atoms with E-state index in [0.717, 1.165) is 102 Å². The third-order valence-corrected chi connectivity index (χ3v) is 18.9. The molecule has 546 valence electrons. The topological polar surface area (TPSA) is 237 Å². The van der Waals surface area contributed by atoms with Crippen molar-refractivity contribution in [1.29, 1.82) is 0 Å². The molecular formula is C73H142O17P2. The Morgan fingerprint density at radius 3 is 0.739 bits per heavy atom. The van der Waals surface area contributed by atoms with Crippen molar-refractivity contribution in [3.63, 3.8) is 0 Å². The van der Waals surface area contributed by atoms with Gasteiger partial charge in [0.25, 0.3) is 0 Å². The Labute approximate surface area is 562 Å². The summed E-state index contributed by atoms with van der Waals surface area (Å²) in [6.45, 7) is 9.59. The number of esters is 4. The van der Waals surface area contributed by atoms with Crippen LogP contribution in [0.3, 0.4) is 0 Å². The molecule has 0 aliphatic carbocycles. The van der Waals surface area contributed by atoms with Crippen molar-refractivity contribution in [2.75, 3.05) is 39.6 Å². The molecule has 0 amide bonds. The van der Waals surface area contributed by atoms with Crippen LogP contribution in [0.25, 0.3) is 0 Å². The fourth-order valence-corrected chi connectivity index (χ4v) is 12.7. The number of carbonyl (C=O) groups is 4. The molecule has 0 fully saturated rings. The van der Waals surface area contributed by atoms with Crippen LogP contribution in [-0.2, 0) is 65.4 Å². The van der Waals surface area contributed by atoms with Crippen LogP contribution in [0.5, 0.6) is 0 Å². The molecule has 5 atom stereocenters. The summed E-state index contributed by atoms with van der Waals surface area (Å²) < 4.78 is 68.4. The Morgan fingerprint density at radius 1 is 0.293 bits per heavy atom. The van der Waals surface area contributed by atoms with Crippen LogP contribution in [0.15, 0.2) is 0 Å². The van der Waals surface area contributed by atoms with Crippen molar-refractivity contribution in [3.05, 3.63) is 0 Å². The molecule has 0 rings (SSSR count). The van der Waals surface area contributed by atoms with E-state index in [1.165, 1.54) is 193 Å². The van der Waals surface area contributed by atoms with E-state index >= 15 is 0 Å². The van der Waals surface area contributed by atoms with Crippen molar-refractivity contribution < 1.29 is 80.2 Å². The molecule has 0 aromatic rings. The van der Waals surface area contributed by atoms with E-state index in [2.05, 4.69) is 41.5 Å². The highest BCUT2D eigenvalue weighted by atomic mass is 31.2. The fraction of sp³-hybridized carbons (Fsp3) is 0.945. The lowest BCUT2D eigenvalue weighted by Gasteiger charge is -2.21. The minimum absolute atomic E-state index is 0.107. The summed E-state index contributed by atoms with van der Waals surface area (Å²) in [7, 11) is -9.90. The molecule has 0 spiro atoms. The predicted octanol–water partition coefficient (Wildman–Crippen LogP) is 21.2. The zero-order valence-corrected chi connectivity index (χ0v) is 61.6. The van der Waals surface area contributed by atoms with Gasteiger partial charge in [-0.3, -0.25) is 37.3 Å². The molecule has 19 heteroatoms. The van der Waals surface area contributed by atoms with E-state index < -0.39 is 97.5 Å². The maximum Gasteiger partial charge on any atom is 0.472 e. The number of ether oxygens (including phenoxy) is 4. The Bertz CT molecular complexity index is 1790. The number of rotatable bonds is 72. The van der Waals surface area contributed by atoms with E-state index in [-0.39, 0.29) is 25.7 Å². The van der Waals surface area contributed by atoms with Gasteiger partial charge in [-0.25, -0.2) is 9.13 Å². The maximum atomic E-state index is 13.1. The summed E-state index contributed by atoms with van der Waals surface area (Å²) in [5, 5.41) is 10.6. The lowest BCUT2D eigenvalue weighted by Crippen LogP contribution is -2.30. The van der Waals surface area contributed by atoms with E-state index in [1.54, 1.807) is 0 Å².